The Kier molecular flexibility index (Phi) is 4.27. The molecule has 0 radical (unpaired) electrons. The third-order valence-corrected chi connectivity index (χ3v) is 6.16. The maximum atomic E-state index is 8.54. The fourth-order valence-electron chi connectivity index (χ4n) is 4.61. The number of rotatable bonds is 3. The van der Waals surface area contributed by atoms with Gasteiger partial charge in [0.1, 0.15) is 11.2 Å². The molecule has 0 aliphatic rings. The molecule has 0 unspecified atom stereocenters. The van der Waals surface area contributed by atoms with Gasteiger partial charge in [-0.1, -0.05) is 81.4 Å². The highest BCUT2D eigenvalue weighted by Crippen LogP contribution is 2.36. The summed E-state index contributed by atoms with van der Waals surface area (Å²) in [4.78, 5) is 4.63. The number of pyridine rings is 1. The zero-order valence-corrected chi connectivity index (χ0v) is 19.6. The van der Waals surface area contributed by atoms with E-state index in [1.807, 2.05) is 69.4 Å². The average molecular weight is 444 g/mol. The highest BCUT2D eigenvalue weighted by atomic mass is 16.3. The van der Waals surface area contributed by atoms with Gasteiger partial charge in [-0.15, -0.1) is 0 Å². The molecule has 4 aromatic carbocycles. The van der Waals surface area contributed by atoms with Crippen molar-refractivity contribution in [1.29, 1.82) is 0 Å². The quantitative estimate of drug-likeness (QED) is 0.273. The topological polar surface area (TPSA) is 26.0 Å². The molecule has 2 heterocycles. The van der Waals surface area contributed by atoms with Crippen LogP contribution in [0.2, 0.25) is 0 Å². The van der Waals surface area contributed by atoms with Gasteiger partial charge in [0.15, 0.2) is 0 Å². The van der Waals surface area contributed by atoms with Gasteiger partial charge in [0.05, 0.1) is 5.69 Å². The standard InChI is InChI=1S/C32H27NO/c1-32(2,3)20-21-8-10-22(11-9-21)24-16-17-33-29(18-24)25-13-14-27-28-15-12-23-6-4-5-7-26(23)31(28)34-30(27)19-25/h4-19H,20H2,1-3H3/i20D2. The lowest BCUT2D eigenvalue weighted by Gasteiger charge is -2.18. The number of hydrogen-bond donors (Lipinski definition) is 0. The van der Waals surface area contributed by atoms with Crippen LogP contribution in [-0.2, 0) is 6.37 Å². The molecule has 0 amide bonds. The van der Waals surface area contributed by atoms with Crippen LogP contribution in [0, 0.1) is 5.41 Å². The van der Waals surface area contributed by atoms with E-state index in [0.29, 0.717) is 5.56 Å². The van der Waals surface area contributed by atoms with Crippen molar-refractivity contribution in [1.82, 2.24) is 4.98 Å². The molecule has 0 saturated carbocycles. The van der Waals surface area contributed by atoms with Gasteiger partial charge < -0.3 is 4.42 Å². The summed E-state index contributed by atoms with van der Waals surface area (Å²) in [5, 5.41) is 4.50. The van der Waals surface area contributed by atoms with E-state index in [9.17, 15) is 0 Å². The highest BCUT2D eigenvalue weighted by Gasteiger charge is 2.13. The van der Waals surface area contributed by atoms with Crippen LogP contribution >= 0.6 is 0 Å². The fraction of sp³-hybridized carbons (Fsp3) is 0.156. The van der Waals surface area contributed by atoms with Crippen LogP contribution in [0.3, 0.4) is 0 Å². The number of nitrogens with zero attached hydrogens (tertiary/aromatic N) is 1. The summed E-state index contributed by atoms with van der Waals surface area (Å²) in [7, 11) is 0. The molecule has 166 valence electrons. The molecular weight excluding hydrogens is 414 g/mol. The van der Waals surface area contributed by atoms with E-state index in [0.717, 1.165) is 49.7 Å². The molecule has 6 aromatic rings. The molecule has 6 rings (SSSR count). The monoisotopic (exact) mass is 443 g/mol. The summed E-state index contributed by atoms with van der Waals surface area (Å²) in [5.74, 6) is 0. The Hall–Kier alpha value is -3.91. The Morgan fingerprint density at radius 2 is 1.50 bits per heavy atom. The van der Waals surface area contributed by atoms with Crippen LogP contribution in [-0.4, -0.2) is 4.98 Å². The molecule has 0 atom stereocenters. The second-order valence-electron chi connectivity index (χ2n) is 9.86. The molecular formula is C32H27NO. The van der Waals surface area contributed by atoms with E-state index in [1.54, 1.807) is 0 Å². The van der Waals surface area contributed by atoms with Gasteiger partial charge in [-0.05, 0) is 64.2 Å². The van der Waals surface area contributed by atoms with Crippen molar-refractivity contribution in [2.75, 3.05) is 0 Å². The molecule has 0 spiro atoms. The molecule has 0 aliphatic heterocycles. The summed E-state index contributed by atoms with van der Waals surface area (Å²) in [6.45, 7) is 5.78. The van der Waals surface area contributed by atoms with E-state index in [-0.39, 0.29) is 0 Å². The van der Waals surface area contributed by atoms with E-state index in [2.05, 4.69) is 53.5 Å². The summed E-state index contributed by atoms with van der Waals surface area (Å²) in [6.07, 6.45) is 0.408. The molecule has 2 aromatic heterocycles. The van der Waals surface area contributed by atoms with Gasteiger partial charge in [-0.3, -0.25) is 4.98 Å². The Bertz CT molecular complexity index is 1740. The summed E-state index contributed by atoms with van der Waals surface area (Å²) < 4.78 is 23.4. The number of fused-ring (bicyclic) bond motifs is 5. The van der Waals surface area contributed by atoms with E-state index in [1.165, 1.54) is 5.39 Å². The first-order chi connectivity index (χ1) is 17.2. The molecule has 0 bridgehead atoms. The Morgan fingerprint density at radius 3 is 2.32 bits per heavy atom. The largest absolute Gasteiger partial charge is 0.455 e. The van der Waals surface area contributed by atoms with Gasteiger partial charge in [-0.25, -0.2) is 0 Å². The zero-order chi connectivity index (χ0) is 25.1. The van der Waals surface area contributed by atoms with Crippen molar-refractivity contribution in [2.45, 2.75) is 27.1 Å². The molecule has 0 fully saturated rings. The van der Waals surface area contributed by atoms with Crippen molar-refractivity contribution in [3.63, 3.8) is 0 Å². The smallest absolute Gasteiger partial charge is 0.143 e. The van der Waals surface area contributed by atoms with Gasteiger partial charge >= 0.3 is 0 Å². The minimum atomic E-state index is -1.41. The fourth-order valence-corrected chi connectivity index (χ4v) is 4.61. The van der Waals surface area contributed by atoms with Crippen LogP contribution in [0.1, 0.15) is 29.1 Å². The SMILES string of the molecule is [2H]C([2H])(c1ccc(-c2ccnc(-c3ccc4c(c3)oc3c5ccccc5ccc43)c2)cc1)C(C)(C)C. The molecule has 0 aliphatic carbocycles. The van der Waals surface area contributed by atoms with Gasteiger partial charge in [-0.2, -0.15) is 0 Å². The average Bonchev–Trinajstić information content (AvgIpc) is 3.27. The van der Waals surface area contributed by atoms with Crippen LogP contribution in [0.15, 0.2) is 102 Å². The van der Waals surface area contributed by atoms with Gasteiger partial charge in [0.2, 0.25) is 0 Å². The molecule has 2 heteroatoms. The first-order valence-electron chi connectivity index (χ1n) is 12.6. The third-order valence-electron chi connectivity index (χ3n) is 6.16. The number of furan rings is 1. The number of aromatic nitrogens is 1. The van der Waals surface area contributed by atoms with Crippen LogP contribution < -0.4 is 0 Å². The third kappa shape index (κ3) is 3.76. The first kappa shape index (κ1) is 18.5. The summed E-state index contributed by atoms with van der Waals surface area (Å²) >= 11 is 0. The molecule has 0 N–H and O–H groups in total. The lowest BCUT2D eigenvalue weighted by Crippen LogP contribution is -2.08. The Labute approximate surface area is 202 Å². The second kappa shape index (κ2) is 7.85. The van der Waals surface area contributed by atoms with E-state index < -0.39 is 11.8 Å². The predicted octanol–water partition coefficient (Wildman–Crippen LogP) is 9.06. The van der Waals surface area contributed by atoms with Crippen molar-refractivity contribution in [2.24, 2.45) is 5.41 Å². The zero-order valence-electron chi connectivity index (χ0n) is 21.6. The maximum Gasteiger partial charge on any atom is 0.143 e. The number of benzene rings is 4. The van der Waals surface area contributed by atoms with Crippen molar-refractivity contribution >= 4 is 32.7 Å². The van der Waals surface area contributed by atoms with Gasteiger partial charge in [0, 0.05) is 30.7 Å². The molecule has 34 heavy (non-hydrogen) atoms. The van der Waals surface area contributed by atoms with Crippen LogP contribution in [0.5, 0.6) is 0 Å². The van der Waals surface area contributed by atoms with Crippen LogP contribution in [0.25, 0.3) is 55.1 Å². The Balaban J connectivity index is 1.38. The predicted molar refractivity (Wildman–Crippen MR) is 143 cm³/mol. The van der Waals surface area contributed by atoms with Crippen molar-refractivity contribution in [3.05, 3.63) is 103 Å². The van der Waals surface area contributed by atoms with Gasteiger partial charge in [0.25, 0.3) is 0 Å². The van der Waals surface area contributed by atoms with E-state index >= 15 is 0 Å². The highest BCUT2D eigenvalue weighted by molar-refractivity contribution is 6.15. The summed E-state index contributed by atoms with van der Waals surface area (Å²) in [5.41, 5.74) is 5.90. The van der Waals surface area contributed by atoms with Crippen molar-refractivity contribution in [3.8, 4) is 22.4 Å². The minimum absolute atomic E-state index is 0.486. The molecule has 0 saturated heterocycles. The lowest BCUT2D eigenvalue weighted by molar-refractivity contribution is 0.411. The maximum absolute atomic E-state index is 8.54. The second-order valence-corrected chi connectivity index (χ2v) is 9.86. The molecule has 2 nitrogen and oxygen atoms in total. The summed E-state index contributed by atoms with van der Waals surface area (Å²) in [6, 6.07) is 30.7. The van der Waals surface area contributed by atoms with Crippen molar-refractivity contribution < 1.29 is 7.16 Å². The minimum Gasteiger partial charge on any atom is -0.455 e. The first-order valence-corrected chi connectivity index (χ1v) is 11.6. The normalized spacial score (nSPS) is 13.4. The number of hydrogen-bond acceptors (Lipinski definition) is 2. The van der Waals surface area contributed by atoms with E-state index in [4.69, 9.17) is 7.16 Å². The Morgan fingerprint density at radius 1 is 0.735 bits per heavy atom. The lowest BCUT2D eigenvalue weighted by atomic mass is 9.87. The van der Waals surface area contributed by atoms with Crippen LogP contribution in [0.4, 0.5) is 0 Å².